The molecule has 0 unspecified atom stereocenters. The zero-order valence-corrected chi connectivity index (χ0v) is 15.1. The maximum absolute atomic E-state index is 13.7. The second kappa shape index (κ2) is 8.15. The predicted molar refractivity (Wildman–Crippen MR) is 101 cm³/mol. The lowest BCUT2D eigenvalue weighted by atomic mass is 10.1. The zero-order chi connectivity index (χ0) is 18.5. The highest BCUT2D eigenvalue weighted by atomic mass is 19.1. The maximum atomic E-state index is 13.7. The standard InChI is InChI=1S/C21H23FN2O2/c1-15-4-3-5-16(12-15)14-24-10-8-17(9-11-24)21(25)23-18-6-7-20(26-2)19(22)13-18/h3-8,12-13H,9-11,14H2,1-2H3,(H,23,25). The number of carbonyl (C=O) groups is 1. The number of rotatable bonds is 5. The largest absolute Gasteiger partial charge is 0.494 e. The Labute approximate surface area is 153 Å². The number of amides is 1. The predicted octanol–water partition coefficient (Wildman–Crippen LogP) is 3.91. The normalized spacial score (nSPS) is 14.7. The molecule has 0 saturated heterocycles. The van der Waals surface area contributed by atoms with E-state index in [0.29, 0.717) is 12.1 Å². The Morgan fingerprint density at radius 1 is 1.27 bits per heavy atom. The summed E-state index contributed by atoms with van der Waals surface area (Å²) in [5.74, 6) is -0.510. The molecule has 0 aliphatic carbocycles. The van der Waals surface area contributed by atoms with Crippen LogP contribution >= 0.6 is 0 Å². The number of hydrogen-bond acceptors (Lipinski definition) is 3. The van der Waals surface area contributed by atoms with Gasteiger partial charge in [-0.2, -0.15) is 0 Å². The molecule has 0 radical (unpaired) electrons. The van der Waals surface area contributed by atoms with Gasteiger partial charge in [0.05, 0.1) is 7.11 Å². The fourth-order valence-electron chi connectivity index (χ4n) is 3.09. The maximum Gasteiger partial charge on any atom is 0.251 e. The van der Waals surface area contributed by atoms with Gasteiger partial charge in [0.2, 0.25) is 0 Å². The molecule has 2 aromatic carbocycles. The smallest absolute Gasteiger partial charge is 0.251 e. The first-order valence-electron chi connectivity index (χ1n) is 8.67. The Bertz CT molecular complexity index is 833. The topological polar surface area (TPSA) is 41.6 Å². The van der Waals surface area contributed by atoms with Gasteiger partial charge in [-0.1, -0.05) is 35.9 Å². The summed E-state index contributed by atoms with van der Waals surface area (Å²) in [6.07, 6.45) is 2.63. The van der Waals surface area contributed by atoms with Crippen LogP contribution in [0, 0.1) is 12.7 Å². The lowest BCUT2D eigenvalue weighted by Crippen LogP contribution is -2.31. The summed E-state index contributed by atoms with van der Waals surface area (Å²) in [7, 11) is 1.41. The molecule has 0 saturated carbocycles. The molecule has 1 aliphatic rings. The fraction of sp³-hybridized carbons (Fsp3) is 0.286. The van der Waals surface area contributed by atoms with E-state index in [2.05, 4.69) is 41.4 Å². The van der Waals surface area contributed by atoms with E-state index in [0.717, 1.165) is 25.2 Å². The van der Waals surface area contributed by atoms with Crippen LogP contribution in [0.4, 0.5) is 10.1 Å². The first-order valence-corrected chi connectivity index (χ1v) is 8.67. The summed E-state index contributed by atoms with van der Waals surface area (Å²) in [6, 6.07) is 12.9. The lowest BCUT2D eigenvalue weighted by Gasteiger charge is -2.26. The number of anilines is 1. The van der Waals surface area contributed by atoms with Crippen molar-refractivity contribution in [2.45, 2.75) is 19.9 Å². The summed E-state index contributed by atoms with van der Waals surface area (Å²) in [5.41, 5.74) is 3.69. The monoisotopic (exact) mass is 354 g/mol. The molecule has 1 heterocycles. The molecule has 26 heavy (non-hydrogen) atoms. The highest BCUT2D eigenvalue weighted by Crippen LogP contribution is 2.22. The molecule has 136 valence electrons. The van der Waals surface area contributed by atoms with E-state index in [9.17, 15) is 9.18 Å². The van der Waals surface area contributed by atoms with Crippen molar-refractivity contribution in [2.75, 3.05) is 25.5 Å². The van der Waals surface area contributed by atoms with Gasteiger partial charge in [-0.15, -0.1) is 0 Å². The van der Waals surface area contributed by atoms with Crippen molar-refractivity contribution in [3.63, 3.8) is 0 Å². The summed E-state index contributed by atoms with van der Waals surface area (Å²) in [5, 5.41) is 2.75. The molecule has 1 N–H and O–H groups in total. The lowest BCUT2D eigenvalue weighted by molar-refractivity contribution is -0.113. The average molecular weight is 354 g/mol. The number of halogens is 1. The minimum atomic E-state index is -0.493. The van der Waals surface area contributed by atoms with Gasteiger partial charge < -0.3 is 10.1 Å². The molecule has 0 spiro atoms. The number of nitrogens with zero attached hydrogens (tertiary/aromatic N) is 1. The van der Waals surface area contributed by atoms with Crippen molar-refractivity contribution >= 4 is 11.6 Å². The molecular weight excluding hydrogens is 331 g/mol. The van der Waals surface area contributed by atoms with Gasteiger partial charge in [0, 0.05) is 37.0 Å². The van der Waals surface area contributed by atoms with Gasteiger partial charge in [0.15, 0.2) is 11.6 Å². The van der Waals surface area contributed by atoms with Gasteiger partial charge in [-0.05, 0) is 31.0 Å². The van der Waals surface area contributed by atoms with Gasteiger partial charge in [0.1, 0.15) is 0 Å². The number of methoxy groups -OCH3 is 1. The van der Waals surface area contributed by atoms with Crippen LogP contribution < -0.4 is 10.1 Å². The van der Waals surface area contributed by atoms with Crippen LogP contribution in [0.5, 0.6) is 5.75 Å². The van der Waals surface area contributed by atoms with E-state index in [4.69, 9.17) is 4.74 Å². The number of aryl methyl sites for hydroxylation is 1. The number of ether oxygens (including phenoxy) is 1. The van der Waals surface area contributed by atoms with Crippen molar-refractivity contribution in [2.24, 2.45) is 0 Å². The zero-order valence-electron chi connectivity index (χ0n) is 15.1. The summed E-state index contributed by atoms with van der Waals surface area (Å²) in [4.78, 5) is 14.7. The van der Waals surface area contributed by atoms with Crippen molar-refractivity contribution in [1.82, 2.24) is 4.90 Å². The molecular formula is C21H23FN2O2. The molecule has 1 amide bonds. The Morgan fingerprint density at radius 2 is 2.12 bits per heavy atom. The molecule has 1 aliphatic heterocycles. The van der Waals surface area contributed by atoms with Crippen LogP contribution in [0.3, 0.4) is 0 Å². The molecule has 4 nitrogen and oxygen atoms in total. The van der Waals surface area contributed by atoms with E-state index >= 15 is 0 Å². The minimum Gasteiger partial charge on any atom is -0.494 e. The Morgan fingerprint density at radius 3 is 2.77 bits per heavy atom. The molecule has 0 bridgehead atoms. The molecule has 0 atom stereocenters. The van der Waals surface area contributed by atoms with Crippen LogP contribution in [0.1, 0.15) is 17.5 Å². The van der Waals surface area contributed by atoms with E-state index < -0.39 is 5.82 Å². The minimum absolute atomic E-state index is 0.159. The molecule has 5 heteroatoms. The van der Waals surface area contributed by atoms with Crippen LogP contribution in [-0.4, -0.2) is 31.0 Å². The van der Waals surface area contributed by atoms with Gasteiger partial charge in [-0.25, -0.2) is 4.39 Å². The van der Waals surface area contributed by atoms with E-state index in [1.165, 1.54) is 30.4 Å². The quantitative estimate of drug-likeness (QED) is 0.885. The van der Waals surface area contributed by atoms with E-state index in [1.54, 1.807) is 6.07 Å². The third kappa shape index (κ3) is 4.49. The number of benzene rings is 2. The van der Waals surface area contributed by atoms with E-state index in [-0.39, 0.29) is 11.7 Å². The first kappa shape index (κ1) is 18.1. The summed E-state index contributed by atoms with van der Waals surface area (Å²) in [6.45, 7) is 4.51. The van der Waals surface area contributed by atoms with E-state index in [1.807, 2.05) is 6.08 Å². The Balaban J connectivity index is 1.58. The summed E-state index contributed by atoms with van der Waals surface area (Å²) < 4.78 is 18.6. The van der Waals surface area contributed by atoms with Crippen molar-refractivity contribution < 1.29 is 13.9 Å². The molecule has 0 aromatic heterocycles. The molecule has 0 fully saturated rings. The van der Waals surface area contributed by atoms with Crippen molar-refractivity contribution in [3.05, 3.63) is 71.1 Å². The van der Waals surface area contributed by atoms with Crippen molar-refractivity contribution in [1.29, 1.82) is 0 Å². The highest BCUT2D eigenvalue weighted by Gasteiger charge is 2.17. The van der Waals surface area contributed by atoms with Crippen LogP contribution in [0.25, 0.3) is 0 Å². The first-order chi connectivity index (χ1) is 12.5. The molecule has 2 aromatic rings. The van der Waals surface area contributed by atoms with Gasteiger partial charge in [-0.3, -0.25) is 9.69 Å². The SMILES string of the molecule is COc1ccc(NC(=O)C2=CCN(Cc3cccc(C)c3)CC2)cc1F. The summed E-state index contributed by atoms with van der Waals surface area (Å²) >= 11 is 0. The average Bonchev–Trinajstić information content (AvgIpc) is 2.62. The van der Waals surface area contributed by atoms with Crippen LogP contribution in [0.15, 0.2) is 54.1 Å². The highest BCUT2D eigenvalue weighted by molar-refractivity contribution is 6.03. The third-order valence-electron chi connectivity index (χ3n) is 4.48. The number of carbonyl (C=O) groups excluding carboxylic acids is 1. The second-order valence-corrected chi connectivity index (χ2v) is 6.51. The van der Waals surface area contributed by atoms with Crippen LogP contribution in [-0.2, 0) is 11.3 Å². The van der Waals surface area contributed by atoms with Gasteiger partial charge >= 0.3 is 0 Å². The van der Waals surface area contributed by atoms with Crippen molar-refractivity contribution in [3.8, 4) is 5.75 Å². The molecule has 3 rings (SSSR count). The number of hydrogen-bond donors (Lipinski definition) is 1. The number of nitrogens with one attached hydrogen (secondary N) is 1. The Kier molecular flexibility index (Phi) is 5.68. The van der Waals surface area contributed by atoms with Gasteiger partial charge in [0.25, 0.3) is 5.91 Å². The third-order valence-corrected chi connectivity index (χ3v) is 4.48. The Hall–Kier alpha value is -2.66. The van der Waals surface area contributed by atoms with Crippen LogP contribution in [0.2, 0.25) is 0 Å². The fourth-order valence-corrected chi connectivity index (χ4v) is 3.09. The second-order valence-electron chi connectivity index (χ2n) is 6.51.